The van der Waals surface area contributed by atoms with Crippen LogP contribution in [0.5, 0.6) is 0 Å². The zero-order valence-corrected chi connectivity index (χ0v) is 14.2. The highest BCUT2D eigenvalue weighted by molar-refractivity contribution is 6.46. The summed E-state index contributed by atoms with van der Waals surface area (Å²) >= 11 is 5.89. The molecular weight excluding hydrogens is 358 g/mol. The number of carboxylic acid groups (broad SMARTS) is 1. The number of halogens is 1. The number of carbonyl (C=O) groups excluding carboxylic acids is 2. The number of aliphatic hydroxyl groups is 1. The Morgan fingerprint density at radius 3 is 2.19 bits per heavy atom. The van der Waals surface area contributed by atoms with E-state index in [4.69, 9.17) is 16.7 Å². The smallest absolute Gasteiger partial charge is 0.323 e. The molecule has 0 spiro atoms. The quantitative estimate of drug-likeness (QED) is 0.489. The lowest BCUT2D eigenvalue weighted by Gasteiger charge is -2.23. The zero-order chi connectivity index (χ0) is 18.8. The normalized spacial score (nSPS) is 19.0. The summed E-state index contributed by atoms with van der Waals surface area (Å²) < 4.78 is 0. The van der Waals surface area contributed by atoms with Crippen molar-refractivity contribution in [3.63, 3.8) is 0 Å². The lowest BCUT2D eigenvalue weighted by Crippen LogP contribution is -2.34. The molecule has 2 aromatic carbocycles. The molecule has 1 amide bonds. The fourth-order valence-electron chi connectivity index (χ4n) is 2.93. The molecule has 1 heterocycles. The Kier molecular flexibility index (Phi) is 4.77. The van der Waals surface area contributed by atoms with E-state index < -0.39 is 30.2 Å². The van der Waals surface area contributed by atoms with Gasteiger partial charge < -0.3 is 15.1 Å². The molecule has 1 saturated heterocycles. The van der Waals surface area contributed by atoms with E-state index in [0.717, 1.165) is 4.90 Å². The lowest BCUT2D eigenvalue weighted by atomic mass is 9.95. The first-order valence-electron chi connectivity index (χ1n) is 7.71. The fourth-order valence-corrected chi connectivity index (χ4v) is 3.06. The Hall–Kier alpha value is -3.12. The number of hydrogen-bond acceptors (Lipinski definition) is 4. The molecule has 1 unspecified atom stereocenters. The predicted molar refractivity (Wildman–Crippen MR) is 94.5 cm³/mol. The van der Waals surface area contributed by atoms with Crippen molar-refractivity contribution in [3.05, 3.63) is 76.3 Å². The van der Waals surface area contributed by atoms with E-state index in [1.807, 2.05) is 0 Å². The second kappa shape index (κ2) is 7.01. The summed E-state index contributed by atoms with van der Waals surface area (Å²) in [5.41, 5.74) is 0.692. The molecule has 26 heavy (non-hydrogen) atoms. The predicted octanol–water partition coefficient (Wildman–Crippen LogP) is 2.85. The number of Topliss-reactive ketones (excluding diaryl/α,β-unsaturated/α-hetero) is 1. The third kappa shape index (κ3) is 3.19. The van der Waals surface area contributed by atoms with Gasteiger partial charge in [0.25, 0.3) is 11.7 Å². The molecule has 2 aromatic rings. The summed E-state index contributed by atoms with van der Waals surface area (Å²) in [6.07, 6.45) is 0. The Bertz CT molecular complexity index is 905. The molecule has 0 bridgehead atoms. The molecule has 0 aromatic heterocycles. The van der Waals surface area contributed by atoms with Crippen LogP contribution in [0.3, 0.4) is 0 Å². The van der Waals surface area contributed by atoms with Gasteiger partial charge in [-0.2, -0.15) is 0 Å². The average molecular weight is 372 g/mol. The number of amides is 1. The molecule has 2 N–H and O–H groups in total. The van der Waals surface area contributed by atoms with Gasteiger partial charge in [0.05, 0.1) is 11.6 Å². The topological polar surface area (TPSA) is 94.9 Å². The van der Waals surface area contributed by atoms with Crippen LogP contribution in [0.1, 0.15) is 17.2 Å². The summed E-state index contributed by atoms with van der Waals surface area (Å²) in [5.74, 6) is -3.50. The molecule has 132 valence electrons. The number of carbonyl (C=O) groups is 3. The highest BCUT2D eigenvalue weighted by Crippen LogP contribution is 2.39. The van der Waals surface area contributed by atoms with Gasteiger partial charge in [0, 0.05) is 10.6 Å². The SMILES string of the molecule is O=C(O)CN1C(=O)C(=O)C(=C(O)c2ccccc2)C1c1ccc(Cl)cc1. The molecule has 3 rings (SSSR count). The molecule has 1 aliphatic rings. The molecular formula is C19H14ClNO5. The average Bonchev–Trinajstić information content (AvgIpc) is 2.87. The number of likely N-dealkylation sites (tertiary alicyclic amines) is 1. The van der Waals surface area contributed by atoms with Gasteiger partial charge in [0.2, 0.25) is 0 Å². The standard InChI is InChI=1S/C19H14ClNO5/c20-13-8-6-11(7-9-13)16-15(17(24)12-4-2-1-3-5-12)18(25)19(26)21(16)10-14(22)23/h1-9,16,24H,10H2,(H,22,23). The third-order valence-corrected chi connectivity index (χ3v) is 4.33. The summed E-state index contributed by atoms with van der Waals surface area (Å²) in [7, 11) is 0. The molecule has 7 heteroatoms. The Morgan fingerprint density at radius 1 is 1.00 bits per heavy atom. The van der Waals surface area contributed by atoms with Crippen LogP contribution in [0.25, 0.3) is 5.76 Å². The summed E-state index contributed by atoms with van der Waals surface area (Å²) in [4.78, 5) is 37.0. The van der Waals surface area contributed by atoms with Crippen LogP contribution >= 0.6 is 11.6 Å². The van der Waals surface area contributed by atoms with Crippen molar-refractivity contribution in [2.75, 3.05) is 6.54 Å². The van der Waals surface area contributed by atoms with Crippen LogP contribution in [0.2, 0.25) is 5.02 Å². The van der Waals surface area contributed by atoms with Gasteiger partial charge in [0.15, 0.2) is 0 Å². The summed E-state index contributed by atoms with van der Waals surface area (Å²) in [5, 5.41) is 20.2. The van der Waals surface area contributed by atoms with Crippen LogP contribution < -0.4 is 0 Å². The first-order valence-corrected chi connectivity index (χ1v) is 8.09. The number of aliphatic hydroxyl groups excluding tert-OH is 1. The number of ketones is 1. The van der Waals surface area contributed by atoms with Crippen LogP contribution in [0, 0.1) is 0 Å². The lowest BCUT2D eigenvalue weighted by molar-refractivity contribution is -0.146. The van der Waals surface area contributed by atoms with E-state index in [-0.39, 0.29) is 11.3 Å². The van der Waals surface area contributed by atoms with E-state index in [2.05, 4.69) is 0 Å². The van der Waals surface area contributed by atoms with Gasteiger partial charge in [0.1, 0.15) is 12.3 Å². The monoisotopic (exact) mass is 371 g/mol. The van der Waals surface area contributed by atoms with Crippen LogP contribution in [0.4, 0.5) is 0 Å². The van der Waals surface area contributed by atoms with Crippen molar-refractivity contribution < 1.29 is 24.6 Å². The maximum absolute atomic E-state index is 12.5. The van der Waals surface area contributed by atoms with E-state index in [1.165, 1.54) is 0 Å². The second-order valence-electron chi connectivity index (χ2n) is 5.74. The largest absolute Gasteiger partial charge is 0.507 e. The number of carboxylic acids is 1. The van der Waals surface area contributed by atoms with Crippen LogP contribution in [-0.4, -0.2) is 39.3 Å². The van der Waals surface area contributed by atoms with E-state index in [9.17, 15) is 19.5 Å². The number of aliphatic carboxylic acids is 1. The number of rotatable bonds is 4. The molecule has 0 saturated carbocycles. The molecule has 0 aliphatic carbocycles. The molecule has 6 nitrogen and oxygen atoms in total. The number of hydrogen-bond donors (Lipinski definition) is 2. The molecule has 0 radical (unpaired) electrons. The minimum Gasteiger partial charge on any atom is -0.507 e. The van der Waals surface area contributed by atoms with Gasteiger partial charge in [-0.1, -0.05) is 54.1 Å². The van der Waals surface area contributed by atoms with Crippen LogP contribution in [-0.2, 0) is 14.4 Å². The van der Waals surface area contributed by atoms with Crippen molar-refractivity contribution in [2.24, 2.45) is 0 Å². The first kappa shape index (κ1) is 17.7. The third-order valence-electron chi connectivity index (χ3n) is 4.08. The summed E-state index contributed by atoms with van der Waals surface area (Å²) in [6, 6.07) is 13.6. The van der Waals surface area contributed by atoms with Gasteiger partial charge in [-0.15, -0.1) is 0 Å². The number of nitrogens with zero attached hydrogens (tertiary/aromatic N) is 1. The van der Waals surface area contributed by atoms with Crippen molar-refractivity contribution in [1.82, 2.24) is 4.90 Å². The highest BCUT2D eigenvalue weighted by atomic mass is 35.5. The van der Waals surface area contributed by atoms with E-state index in [0.29, 0.717) is 16.1 Å². The minimum absolute atomic E-state index is 0.148. The van der Waals surface area contributed by atoms with Crippen molar-refractivity contribution in [1.29, 1.82) is 0 Å². The van der Waals surface area contributed by atoms with E-state index in [1.54, 1.807) is 54.6 Å². The van der Waals surface area contributed by atoms with E-state index >= 15 is 0 Å². The Labute approximate surface area is 153 Å². The van der Waals surface area contributed by atoms with Gasteiger partial charge in [-0.3, -0.25) is 14.4 Å². The Morgan fingerprint density at radius 2 is 1.62 bits per heavy atom. The maximum atomic E-state index is 12.5. The summed E-state index contributed by atoms with van der Waals surface area (Å²) in [6.45, 7) is -0.663. The van der Waals surface area contributed by atoms with Crippen LogP contribution in [0.15, 0.2) is 60.2 Å². The molecule has 1 atom stereocenters. The fraction of sp³-hybridized carbons (Fsp3) is 0.105. The minimum atomic E-state index is -1.26. The second-order valence-corrected chi connectivity index (χ2v) is 6.17. The first-order chi connectivity index (χ1) is 12.4. The van der Waals surface area contributed by atoms with Gasteiger partial charge >= 0.3 is 5.97 Å². The van der Waals surface area contributed by atoms with Gasteiger partial charge in [-0.25, -0.2) is 0 Å². The highest BCUT2D eigenvalue weighted by Gasteiger charge is 2.46. The van der Waals surface area contributed by atoms with Crippen molar-refractivity contribution >= 4 is 35.0 Å². The zero-order valence-electron chi connectivity index (χ0n) is 13.4. The van der Waals surface area contributed by atoms with Crippen molar-refractivity contribution in [2.45, 2.75) is 6.04 Å². The molecule has 1 aliphatic heterocycles. The molecule has 1 fully saturated rings. The maximum Gasteiger partial charge on any atom is 0.323 e. The van der Waals surface area contributed by atoms with Crippen molar-refractivity contribution in [3.8, 4) is 0 Å². The van der Waals surface area contributed by atoms with Gasteiger partial charge in [-0.05, 0) is 17.7 Å². The number of benzene rings is 2. The Balaban J connectivity index is 2.19.